The number of rotatable bonds is 0. The van der Waals surface area contributed by atoms with E-state index in [0.29, 0.717) is 5.69 Å². The molecule has 13 heavy (non-hydrogen) atoms. The van der Waals surface area contributed by atoms with E-state index in [2.05, 4.69) is 15.2 Å². The molecule has 1 amide bonds. The molecule has 0 atom stereocenters. The highest BCUT2D eigenvalue weighted by Crippen LogP contribution is 2.26. The first kappa shape index (κ1) is 7.66. The van der Waals surface area contributed by atoms with E-state index < -0.39 is 6.09 Å². The predicted molar refractivity (Wildman–Crippen MR) is 45.6 cm³/mol. The van der Waals surface area contributed by atoms with Gasteiger partial charge in [0.2, 0.25) is 0 Å². The maximum Gasteiger partial charge on any atom is 0.413 e. The molecule has 0 saturated carbocycles. The monoisotopic (exact) mass is 178 g/mol. The maximum absolute atomic E-state index is 10.7. The number of aromatic nitrogens is 2. The lowest BCUT2D eigenvalue weighted by molar-refractivity contribution is 0.202. The van der Waals surface area contributed by atoms with Crippen molar-refractivity contribution in [2.45, 2.75) is 0 Å². The van der Waals surface area contributed by atoms with E-state index in [-0.39, 0.29) is 12.4 Å². The molecule has 2 rings (SSSR count). The highest BCUT2D eigenvalue weighted by Gasteiger charge is 2.21. The van der Waals surface area contributed by atoms with Gasteiger partial charge in [-0.25, -0.2) is 4.79 Å². The predicted octanol–water partition coefficient (Wildman–Crippen LogP) is 0.677. The third kappa shape index (κ3) is 1.22. The first-order valence-electron chi connectivity index (χ1n) is 3.64. The van der Waals surface area contributed by atoms with Crippen molar-refractivity contribution < 1.29 is 9.90 Å². The summed E-state index contributed by atoms with van der Waals surface area (Å²) in [5.41, 5.74) is 0.531. The van der Waals surface area contributed by atoms with Crippen LogP contribution in [0.5, 0.6) is 0 Å². The van der Waals surface area contributed by atoms with Gasteiger partial charge >= 0.3 is 6.09 Å². The fraction of sp³-hybridized carbons (Fsp3) is 0.143. The van der Waals surface area contributed by atoms with Gasteiger partial charge < -0.3 is 5.11 Å². The molecule has 0 fully saturated rings. The highest BCUT2D eigenvalue weighted by atomic mass is 16.4. The molecule has 2 heterocycles. The van der Waals surface area contributed by atoms with Crippen molar-refractivity contribution in [2.75, 3.05) is 11.4 Å². The fourth-order valence-electron chi connectivity index (χ4n) is 1.09. The summed E-state index contributed by atoms with van der Waals surface area (Å²) in [6.07, 6.45) is 1.95. The molecule has 1 aliphatic rings. The molecule has 1 aliphatic heterocycles. The Morgan fingerprint density at radius 2 is 2.46 bits per heavy atom. The van der Waals surface area contributed by atoms with Crippen molar-refractivity contribution in [3.05, 3.63) is 12.3 Å². The maximum atomic E-state index is 10.7. The van der Waals surface area contributed by atoms with Crippen LogP contribution in [0.15, 0.2) is 17.3 Å². The van der Waals surface area contributed by atoms with Gasteiger partial charge in [-0.2, -0.15) is 5.10 Å². The third-order valence-corrected chi connectivity index (χ3v) is 1.66. The Morgan fingerprint density at radius 3 is 3.23 bits per heavy atom. The van der Waals surface area contributed by atoms with Gasteiger partial charge in [0.05, 0.1) is 12.7 Å². The number of hydrogen-bond donors (Lipinski definition) is 1. The normalized spacial score (nSPS) is 14.0. The molecule has 66 valence electrons. The quantitative estimate of drug-likeness (QED) is 0.633. The molecular formula is C7H6N4O2. The topological polar surface area (TPSA) is 78.7 Å². The number of carbonyl (C=O) groups is 1. The third-order valence-electron chi connectivity index (χ3n) is 1.66. The van der Waals surface area contributed by atoms with Crippen LogP contribution in [0.2, 0.25) is 0 Å². The fourth-order valence-corrected chi connectivity index (χ4v) is 1.09. The van der Waals surface area contributed by atoms with E-state index >= 15 is 0 Å². The minimum Gasteiger partial charge on any atom is -0.465 e. The lowest BCUT2D eigenvalue weighted by Gasteiger charge is -2.19. The number of aliphatic imine (C=N–C) groups is 1. The summed E-state index contributed by atoms with van der Waals surface area (Å²) in [7, 11) is 0. The van der Waals surface area contributed by atoms with Crippen LogP contribution in [0, 0.1) is 0 Å². The van der Waals surface area contributed by atoms with Crippen molar-refractivity contribution in [2.24, 2.45) is 4.99 Å². The van der Waals surface area contributed by atoms with E-state index in [9.17, 15) is 4.79 Å². The molecule has 0 saturated heterocycles. The van der Waals surface area contributed by atoms with E-state index in [1.165, 1.54) is 12.4 Å². The average molecular weight is 178 g/mol. The molecule has 0 radical (unpaired) electrons. The van der Waals surface area contributed by atoms with Gasteiger partial charge in [-0.3, -0.25) is 9.89 Å². The summed E-state index contributed by atoms with van der Waals surface area (Å²) < 4.78 is 0. The van der Waals surface area contributed by atoms with Gasteiger partial charge in [-0.15, -0.1) is 5.10 Å². The van der Waals surface area contributed by atoms with E-state index in [1.807, 2.05) is 0 Å². The minimum absolute atomic E-state index is 0.223. The minimum atomic E-state index is -1.05. The van der Waals surface area contributed by atoms with Crippen LogP contribution < -0.4 is 4.90 Å². The molecule has 1 aromatic rings. The first-order valence-corrected chi connectivity index (χ1v) is 3.64. The Bertz CT molecular complexity index is 377. The molecular weight excluding hydrogens is 172 g/mol. The zero-order valence-corrected chi connectivity index (χ0v) is 6.58. The number of nitrogens with zero attached hydrogens (tertiary/aromatic N) is 4. The van der Waals surface area contributed by atoms with Gasteiger partial charge in [-0.1, -0.05) is 0 Å². The van der Waals surface area contributed by atoms with Crippen molar-refractivity contribution in [3.63, 3.8) is 0 Å². The van der Waals surface area contributed by atoms with Crippen LogP contribution in [-0.4, -0.2) is 34.2 Å². The highest BCUT2D eigenvalue weighted by molar-refractivity contribution is 5.95. The molecule has 6 heteroatoms. The molecule has 1 N–H and O–H groups in total. The van der Waals surface area contributed by atoms with Gasteiger partial charge in [0.15, 0.2) is 5.82 Å². The van der Waals surface area contributed by atoms with E-state index in [1.54, 1.807) is 6.07 Å². The smallest absolute Gasteiger partial charge is 0.413 e. The van der Waals surface area contributed by atoms with Crippen molar-refractivity contribution in [1.82, 2.24) is 10.2 Å². The molecule has 1 aromatic heterocycles. The largest absolute Gasteiger partial charge is 0.465 e. The summed E-state index contributed by atoms with van der Waals surface area (Å²) in [5, 5.41) is 16.1. The summed E-state index contributed by atoms with van der Waals surface area (Å²) in [5.74, 6) is 0.289. The Labute approximate surface area is 73.5 Å². The SMILES string of the molecule is O=C(O)N1CC=Nc2ccnnc21. The Morgan fingerprint density at radius 1 is 1.62 bits per heavy atom. The van der Waals surface area contributed by atoms with Crippen LogP contribution in [0.3, 0.4) is 0 Å². The Hall–Kier alpha value is -1.98. The summed E-state index contributed by atoms with van der Waals surface area (Å²) in [4.78, 5) is 15.8. The number of hydrogen-bond acceptors (Lipinski definition) is 4. The molecule has 0 aromatic carbocycles. The first-order chi connectivity index (χ1) is 6.29. The molecule has 6 nitrogen and oxygen atoms in total. The molecule has 0 unspecified atom stereocenters. The van der Waals surface area contributed by atoms with Crippen molar-refractivity contribution >= 4 is 23.8 Å². The van der Waals surface area contributed by atoms with Crippen molar-refractivity contribution in [1.29, 1.82) is 0 Å². The molecule has 0 spiro atoms. The number of amides is 1. The zero-order valence-electron chi connectivity index (χ0n) is 6.58. The molecule has 0 bridgehead atoms. The second-order valence-electron chi connectivity index (χ2n) is 2.44. The second kappa shape index (κ2) is 2.81. The van der Waals surface area contributed by atoms with Gasteiger partial charge in [-0.05, 0) is 6.07 Å². The zero-order chi connectivity index (χ0) is 9.26. The number of anilines is 1. The van der Waals surface area contributed by atoms with Crippen molar-refractivity contribution in [3.8, 4) is 0 Å². The standard InChI is InChI=1S/C7H6N4O2/c12-7(13)11-4-3-8-5-1-2-9-10-6(5)11/h1-3H,4H2,(H,12,13). The Balaban J connectivity index is 2.49. The van der Waals surface area contributed by atoms with Crippen LogP contribution in [-0.2, 0) is 0 Å². The van der Waals surface area contributed by atoms with Crippen LogP contribution in [0.4, 0.5) is 16.3 Å². The van der Waals surface area contributed by atoms with Crippen LogP contribution in [0.1, 0.15) is 0 Å². The Kier molecular flexibility index (Phi) is 1.66. The second-order valence-corrected chi connectivity index (χ2v) is 2.44. The lowest BCUT2D eigenvalue weighted by atomic mass is 10.3. The van der Waals surface area contributed by atoms with Gasteiger partial charge in [0.25, 0.3) is 0 Å². The summed E-state index contributed by atoms with van der Waals surface area (Å²) in [6.45, 7) is 0.223. The van der Waals surface area contributed by atoms with Gasteiger partial charge in [0, 0.05) is 6.21 Å². The molecule has 0 aliphatic carbocycles. The number of fused-ring (bicyclic) bond motifs is 1. The summed E-state index contributed by atoms with van der Waals surface area (Å²) in [6, 6.07) is 1.62. The van der Waals surface area contributed by atoms with Crippen LogP contribution in [0.25, 0.3) is 0 Å². The van der Waals surface area contributed by atoms with Gasteiger partial charge in [0.1, 0.15) is 5.69 Å². The van der Waals surface area contributed by atoms with Crippen LogP contribution >= 0.6 is 0 Å². The van der Waals surface area contributed by atoms with E-state index in [4.69, 9.17) is 5.11 Å². The van der Waals surface area contributed by atoms with E-state index in [0.717, 1.165) is 4.90 Å². The number of carboxylic acid groups (broad SMARTS) is 1. The summed E-state index contributed by atoms with van der Waals surface area (Å²) >= 11 is 0. The lowest BCUT2D eigenvalue weighted by Crippen LogP contribution is -2.33. The average Bonchev–Trinajstić information content (AvgIpc) is 2.17.